The molecule has 1 atom stereocenters. The highest BCUT2D eigenvalue weighted by Crippen LogP contribution is 2.34. The fraction of sp³-hybridized carbons (Fsp3) is 0.647. The minimum atomic E-state index is -2.31. The Labute approximate surface area is 135 Å². The SMILES string of the molecule is CCCCCC1(C)OCc2cc([Si](C)(OC)OC)ccc2O1. The summed E-state index contributed by atoms with van der Waals surface area (Å²) in [7, 11) is 1.10. The molecule has 2 rings (SSSR count). The molecule has 1 aliphatic heterocycles. The molecule has 0 saturated heterocycles. The van der Waals surface area contributed by atoms with Gasteiger partial charge in [-0.1, -0.05) is 25.8 Å². The summed E-state index contributed by atoms with van der Waals surface area (Å²) in [6, 6.07) is 6.17. The first kappa shape index (κ1) is 17.5. The molecule has 5 heteroatoms. The zero-order chi connectivity index (χ0) is 16.2. The van der Waals surface area contributed by atoms with Gasteiger partial charge in [0.25, 0.3) is 0 Å². The van der Waals surface area contributed by atoms with Crippen LogP contribution in [0.4, 0.5) is 0 Å². The van der Waals surface area contributed by atoms with Gasteiger partial charge in [0.1, 0.15) is 5.75 Å². The van der Waals surface area contributed by atoms with Crippen molar-refractivity contribution in [3.8, 4) is 5.75 Å². The van der Waals surface area contributed by atoms with Gasteiger partial charge in [0, 0.05) is 33.1 Å². The number of hydrogen-bond acceptors (Lipinski definition) is 4. The Hall–Kier alpha value is -0.883. The van der Waals surface area contributed by atoms with Crippen LogP contribution in [0.5, 0.6) is 5.75 Å². The Morgan fingerprint density at radius 3 is 2.59 bits per heavy atom. The van der Waals surface area contributed by atoms with Crippen LogP contribution in [0.3, 0.4) is 0 Å². The van der Waals surface area contributed by atoms with E-state index < -0.39 is 14.3 Å². The molecule has 0 saturated carbocycles. The number of rotatable bonds is 7. The average molecular weight is 324 g/mol. The van der Waals surface area contributed by atoms with E-state index in [0.29, 0.717) is 6.61 Å². The van der Waals surface area contributed by atoms with Crippen LogP contribution in [0.1, 0.15) is 45.1 Å². The molecule has 1 unspecified atom stereocenters. The van der Waals surface area contributed by atoms with Gasteiger partial charge in [-0.2, -0.15) is 0 Å². The van der Waals surface area contributed by atoms with Crippen LogP contribution in [0.25, 0.3) is 0 Å². The normalized spacial score (nSPS) is 21.3. The van der Waals surface area contributed by atoms with Crippen molar-refractivity contribution in [3.05, 3.63) is 23.8 Å². The van der Waals surface area contributed by atoms with Gasteiger partial charge in [-0.25, -0.2) is 0 Å². The highest BCUT2D eigenvalue weighted by molar-refractivity contribution is 6.79. The van der Waals surface area contributed by atoms with Gasteiger partial charge in [-0.05, 0) is 30.3 Å². The molecule has 0 spiro atoms. The maximum Gasteiger partial charge on any atom is 0.368 e. The summed E-state index contributed by atoms with van der Waals surface area (Å²) in [5.41, 5.74) is 1.07. The van der Waals surface area contributed by atoms with Crippen LogP contribution in [-0.4, -0.2) is 28.6 Å². The number of ether oxygens (including phenoxy) is 2. The summed E-state index contributed by atoms with van der Waals surface area (Å²) in [6.45, 7) is 6.84. The predicted octanol–water partition coefficient (Wildman–Crippen LogP) is 3.46. The molecule has 0 aromatic heterocycles. The highest BCUT2D eigenvalue weighted by Gasteiger charge is 2.36. The molecule has 0 N–H and O–H groups in total. The van der Waals surface area contributed by atoms with E-state index in [0.717, 1.165) is 29.3 Å². The second-order valence-electron chi connectivity index (χ2n) is 6.16. The summed E-state index contributed by atoms with van der Waals surface area (Å²) < 4.78 is 23.3. The molecule has 22 heavy (non-hydrogen) atoms. The van der Waals surface area contributed by atoms with Gasteiger partial charge in [0.05, 0.1) is 6.61 Å². The highest BCUT2D eigenvalue weighted by atomic mass is 28.4. The van der Waals surface area contributed by atoms with Crippen LogP contribution in [-0.2, 0) is 20.2 Å². The Morgan fingerprint density at radius 1 is 1.23 bits per heavy atom. The molecule has 0 aliphatic carbocycles. The minimum absolute atomic E-state index is 0.507. The summed E-state index contributed by atoms with van der Waals surface area (Å²) >= 11 is 0. The molecule has 1 aromatic carbocycles. The van der Waals surface area contributed by atoms with Crippen molar-refractivity contribution in [2.75, 3.05) is 14.2 Å². The van der Waals surface area contributed by atoms with E-state index in [2.05, 4.69) is 19.1 Å². The largest absolute Gasteiger partial charge is 0.462 e. The monoisotopic (exact) mass is 324 g/mol. The van der Waals surface area contributed by atoms with Gasteiger partial charge in [0.15, 0.2) is 0 Å². The smallest absolute Gasteiger partial charge is 0.368 e. The number of fused-ring (bicyclic) bond motifs is 1. The van der Waals surface area contributed by atoms with Crippen LogP contribution < -0.4 is 9.92 Å². The Morgan fingerprint density at radius 2 is 1.95 bits per heavy atom. The molecule has 0 bridgehead atoms. The second-order valence-corrected chi connectivity index (χ2v) is 9.44. The van der Waals surface area contributed by atoms with Crippen molar-refractivity contribution in [3.63, 3.8) is 0 Å². The van der Waals surface area contributed by atoms with Crippen LogP contribution >= 0.6 is 0 Å². The Bertz CT molecular complexity index is 501. The molecule has 0 radical (unpaired) electrons. The van der Waals surface area contributed by atoms with Crippen molar-refractivity contribution in [2.24, 2.45) is 0 Å². The maximum atomic E-state index is 6.11. The van der Waals surface area contributed by atoms with E-state index in [1.165, 1.54) is 12.8 Å². The Balaban J connectivity index is 2.15. The van der Waals surface area contributed by atoms with Crippen LogP contribution in [0.2, 0.25) is 6.55 Å². The second kappa shape index (κ2) is 7.13. The first-order chi connectivity index (χ1) is 10.5. The molecule has 0 amide bonds. The molecule has 1 heterocycles. The fourth-order valence-electron chi connectivity index (χ4n) is 2.71. The van der Waals surface area contributed by atoms with E-state index in [1.807, 2.05) is 19.5 Å². The lowest BCUT2D eigenvalue weighted by atomic mass is 10.1. The minimum Gasteiger partial charge on any atom is -0.462 e. The number of unbranched alkanes of at least 4 members (excludes halogenated alkanes) is 2. The van der Waals surface area contributed by atoms with E-state index in [4.69, 9.17) is 18.3 Å². The molecule has 1 aliphatic rings. The lowest BCUT2D eigenvalue weighted by Gasteiger charge is -2.36. The average Bonchev–Trinajstić information content (AvgIpc) is 2.53. The summed E-state index contributed by atoms with van der Waals surface area (Å²) in [5.74, 6) is 0.407. The topological polar surface area (TPSA) is 36.9 Å². The van der Waals surface area contributed by atoms with Crippen molar-refractivity contribution in [1.82, 2.24) is 0 Å². The van der Waals surface area contributed by atoms with E-state index in [1.54, 1.807) is 14.2 Å². The van der Waals surface area contributed by atoms with Gasteiger partial charge in [-0.15, -0.1) is 0 Å². The number of benzene rings is 1. The first-order valence-electron chi connectivity index (χ1n) is 8.03. The maximum absolute atomic E-state index is 6.11. The molecular weight excluding hydrogens is 296 g/mol. The summed E-state index contributed by atoms with van der Waals surface area (Å²) in [4.78, 5) is 0. The van der Waals surface area contributed by atoms with Gasteiger partial charge >= 0.3 is 8.56 Å². The predicted molar refractivity (Wildman–Crippen MR) is 89.7 cm³/mol. The zero-order valence-electron chi connectivity index (χ0n) is 14.4. The lowest BCUT2D eigenvalue weighted by molar-refractivity contribution is -0.198. The molecule has 0 fully saturated rings. The quantitative estimate of drug-likeness (QED) is 0.568. The van der Waals surface area contributed by atoms with Gasteiger partial charge in [-0.3, -0.25) is 0 Å². The van der Waals surface area contributed by atoms with Gasteiger partial charge in [0.2, 0.25) is 5.79 Å². The molecule has 4 nitrogen and oxygen atoms in total. The van der Waals surface area contributed by atoms with E-state index >= 15 is 0 Å². The van der Waals surface area contributed by atoms with Crippen molar-refractivity contribution >= 4 is 13.7 Å². The lowest BCUT2D eigenvalue weighted by Crippen LogP contribution is -2.50. The first-order valence-corrected chi connectivity index (χ1v) is 10.3. The van der Waals surface area contributed by atoms with Crippen molar-refractivity contribution in [1.29, 1.82) is 0 Å². The van der Waals surface area contributed by atoms with Gasteiger partial charge < -0.3 is 18.3 Å². The van der Waals surface area contributed by atoms with E-state index in [-0.39, 0.29) is 0 Å². The number of hydrogen-bond donors (Lipinski definition) is 0. The van der Waals surface area contributed by atoms with Crippen LogP contribution in [0, 0.1) is 0 Å². The van der Waals surface area contributed by atoms with Crippen LogP contribution in [0.15, 0.2) is 18.2 Å². The third-order valence-electron chi connectivity index (χ3n) is 4.46. The molecule has 124 valence electrons. The molecule has 1 aromatic rings. The van der Waals surface area contributed by atoms with E-state index in [9.17, 15) is 0 Å². The fourth-order valence-corrected chi connectivity index (χ4v) is 4.17. The summed E-state index contributed by atoms with van der Waals surface area (Å²) in [6.07, 6.45) is 4.45. The Kier molecular flexibility index (Phi) is 5.66. The standard InChI is InChI=1S/C17H28O4Si/c1-6-7-8-11-17(2)20-13-14-12-15(9-10-16(14)21-17)22(5,18-3)19-4/h9-10,12H,6-8,11,13H2,1-5H3. The third-order valence-corrected chi connectivity index (χ3v) is 7.38. The third kappa shape index (κ3) is 3.71. The van der Waals surface area contributed by atoms with Crippen molar-refractivity contribution < 1.29 is 18.3 Å². The van der Waals surface area contributed by atoms with Crippen molar-refractivity contribution in [2.45, 2.75) is 58.5 Å². The zero-order valence-corrected chi connectivity index (χ0v) is 15.4. The summed E-state index contributed by atoms with van der Waals surface area (Å²) in [5, 5.41) is 1.10. The molecular formula is C17H28O4Si.